The molecule has 2 aromatic rings. The van der Waals surface area contributed by atoms with Gasteiger partial charge in [-0.2, -0.15) is 0 Å². The van der Waals surface area contributed by atoms with E-state index in [9.17, 15) is 9.59 Å². The molecule has 2 rings (SSSR count). The Hall–Kier alpha value is -2.53. The van der Waals surface area contributed by atoms with Crippen LogP contribution in [-0.2, 0) is 11.3 Å². The summed E-state index contributed by atoms with van der Waals surface area (Å²) in [5, 5.41) is 0.144. The van der Waals surface area contributed by atoms with Crippen molar-refractivity contribution in [2.75, 3.05) is 5.73 Å². The maximum absolute atomic E-state index is 12.0. The van der Waals surface area contributed by atoms with Gasteiger partial charge in [0, 0.05) is 11.1 Å². The van der Waals surface area contributed by atoms with Crippen LogP contribution in [0.15, 0.2) is 42.5 Å². The van der Waals surface area contributed by atoms with Crippen molar-refractivity contribution in [2.24, 2.45) is 5.73 Å². The molecule has 5 nitrogen and oxygen atoms in total. The van der Waals surface area contributed by atoms with Crippen molar-refractivity contribution in [1.82, 2.24) is 0 Å². The first-order valence-electron chi connectivity index (χ1n) is 6.09. The molecule has 0 aliphatic carbocycles. The molecule has 108 valence electrons. The van der Waals surface area contributed by atoms with Crippen LogP contribution in [0.25, 0.3) is 0 Å². The van der Waals surface area contributed by atoms with Gasteiger partial charge in [-0.3, -0.25) is 4.79 Å². The van der Waals surface area contributed by atoms with Crippen molar-refractivity contribution < 1.29 is 14.3 Å². The largest absolute Gasteiger partial charge is 0.457 e. The minimum Gasteiger partial charge on any atom is -0.457 e. The number of amides is 1. The van der Waals surface area contributed by atoms with Crippen molar-refractivity contribution >= 4 is 29.2 Å². The Morgan fingerprint density at radius 1 is 1.05 bits per heavy atom. The fraction of sp³-hybridized carbons (Fsp3) is 0.0667. The van der Waals surface area contributed by atoms with Gasteiger partial charge in [-0.15, -0.1) is 0 Å². The van der Waals surface area contributed by atoms with E-state index in [4.69, 9.17) is 27.8 Å². The number of rotatable bonds is 4. The van der Waals surface area contributed by atoms with Gasteiger partial charge in [0.15, 0.2) is 0 Å². The Balaban J connectivity index is 2.15. The van der Waals surface area contributed by atoms with Crippen LogP contribution in [0.5, 0.6) is 0 Å². The minimum absolute atomic E-state index is 0.0803. The van der Waals surface area contributed by atoms with E-state index in [1.807, 2.05) is 0 Å². The van der Waals surface area contributed by atoms with E-state index in [2.05, 4.69) is 0 Å². The van der Waals surface area contributed by atoms with Crippen LogP contribution in [0.2, 0.25) is 5.02 Å². The zero-order valence-electron chi connectivity index (χ0n) is 11.0. The second kappa shape index (κ2) is 6.28. The number of primary amides is 1. The third-order valence-corrected chi connectivity index (χ3v) is 3.31. The van der Waals surface area contributed by atoms with E-state index in [-0.39, 0.29) is 17.2 Å². The number of hydrogen-bond acceptors (Lipinski definition) is 4. The number of hydrogen-bond donors (Lipinski definition) is 2. The van der Waals surface area contributed by atoms with Gasteiger partial charge in [0.05, 0.1) is 16.3 Å². The number of ether oxygens (including phenoxy) is 1. The predicted octanol–water partition coefficient (Wildman–Crippen LogP) is 2.38. The number of nitrogens with two attached hydrogens (primary N) is 2. The van der Waals surface area contributed by atoms with Gasteiger partial charge in [0.25, 0.3) is 0 Å². The zero-order chi connectivity index (χ0) is 15.4. The van der Waals surface area contributed by atoms with Crippen LogP contribution in [0.4, 0.5) is 5.69 Å². The number of halogens is 1. The number of esters is 1. The maximum Gasteiger partial charge on any atom is 0.340 e. The van der Waals surface area contributed by atoms with Gasteiger partial charge in [0.2, 0.25) is 5.91 Å². The molecule has 0 spiro atoms. The average molecular weight is 305 g/mol. The summed E-state index contributed by atoms with van der Waals surface area (Å²) in [4.78, 5) is 23.3. The van der Waals surface area contributed by atoms with Gasteiger partial charge >= 0.3 is 5.97 Å². The van der Waals surface area contributed by atoms with Crippen LogP contribution >= 0.6 is 11.6 Å². The van der Waals surface area contributed by atoms with Crippen molar-refractivity contribution in [1.29, 1.82) is 0 Å². The fourth-order valence-corrected chi connectivity index (χ4v) is 2.02. The molecule has 0 aliphatic heterocycles. The Bertz CT molecular complexity index is 701. The van der Waals surface area contributed by atoms with E-state index in [1.54, 1.807) is 36.4 Å². The quantitative estimate of drug-likeness (QED) is 0.669. The first kappa shape index (κ1) is 14.9. The molecule has 0 aromatic heterocycles. The minimum atomic E-state index is -0.619. The Morgan fingerprint density at radius 2 is 1.71 bits per heavy atom. The molecule has 0 bridgehead atoms. The molecule has 6 heteroatoms. The number of carbonyl (C=O) groups is 2. The second-order valence-electron chi connectivity index (χ2n) is 4.31. The summed E-state index contributed by atoms with van der Waals surface area (Å²) < 4.78 is 5.15. The summed E-state index contributed by atoms with van der Waals surface area (Å²) in [7, 11) is 0. The van der Waals surface area contributed by atoms with Crippen LogP contribution < -0.4 is 11.5 Å². The number of benzene rings is 2. The molecule has 0 radical (unpaired) electrons. The molecule has 0 saturated heterocycles. The van der Waals surface area contributed by atoms with Crippen molar-refractivity contribution in [3.63, 3.8) is 0 Å². The Labute approximate surface area is 126 Å². The molecule has 0 atom stereocenters. The lowest BCUT2D eigenvalue weighted by atomic mass is 10.1. The molecule has 0 fully saturated rings. The molecule has 1 amide bonds. The van der Waals surface area contributed by atoms with E-state index in [0.717, 1.165) is 0 Å². The lowest BCUT2D eigenvalue weighted by Gasteiger charge is -2.09. The molecule has 0 heterocycles. The highest BCUT2D eigenvalue weighted by atomic mass is 35.5. The van der Waals surface area contributed by atoms with Crippen molar-refractivity contribution in [3.05, 3.63) is 64.2 Å². The molecule has 0 aliphatic rings. The molecule has 21 heavy (non-hydrogen) atoms. The zero-order valence-corrected chi connectivity index (χ0v) is 11.8. The Kier molecular flexibility index (Phi) is 4.45. The van der Waals surface area contributed by atoms with Gasteiger partial charge in [-0.25, -0.2) is 4.79 Å². The fourth-order valence-electron chi connectivity index (χ4n) is 1.82. The Morgan fingerprint density at radius 3 is 2.43 bits per heavy atom. The van der Waals surface area contributed by atoms with Crippen molar-refractivity contribution in [3.8, 4) is 0 Å². The molecule has 0 unspecified atom stereocenters. The number of carbonyl (C=O) groups excluding carboxylic acids is 2. The summed E-state index contributed by atoms with van der Waals surface area (Å²) >= 11 is 5.95. The molecule has 0 saturated carbocycles. The van der Waals surface area contributed by atoms with Gasteiger partial charge < -0.3 is 16.2 Å². The van der Waals surface area contributed by atoms with Crippen LogP contribution in [-0.4, -0.2) is 11.9 Å². The molecule has 4 N–H and O–H groups in total. The summed E-state index contributed by atoms with van der Waals surface area (Å²) in [5.41, 5.74) is 12.2. The second-order valence-corrected chi connectivity index (χ2v) is 4.68. The summed E-state index contributed by atoms with van der Waals surface area (Å²) in [6, 6.07) is 11.3. The van der Waals surface area contributed by atoms with E-state index in [1.165, 1.54) is 6.07 Å². The third kappa shape index (κ3) is 3.32. The topological polar surface area (TPSA) is 95.4 Å². The SMILES string of the molecule is NC(=O)c1ccccc1COC(=O)c1cccc(N)c1Cl. The first-order valence-corrected chi connectivity index (χ1v) is 6.47. The van der Waals surface area contributed by atoms with Gasteiger partial charge in [-0.05, 0) is 18.2 Å². The molecular formula is C15H13ClN2O3. The maximum atomic E-state index is 12.0. The molecule has 2 aromatic carbocycles. The summed E-state index contributed by atoms with van der Waals surface area (Å²) in [6.07, 6.45) is 0. The van der Waals surface area contributed by atoms with Crippen LogP contribution in [0, 0.1) is 0 Å². The van der Waals surface area contributed by atoms with E-state index < -0.39 is 11.9 Å². The third-order valence-electron chi connectivity index (χ3n) is 2.89. The van der Waals surface area contributed by atoms with Crippen molar-refractivity contribution in [2.45, 2.75) is 6.61 Å². The summed E-state index contributed by atoms with van der Waals surface area (Å²) in [6.45, 7) is -0.0803. The number of anilines is 1. The van der Waals surface area contributed by atoms with E-state index >= 15 is 0 Å². The average Bonchev–Trinajstić information content (AvgIpc) is 2.47. The predicted molar refractivity (Wildman–Crippen MR) is 79.9 cm³/mol. The summed E-state index contributed by atoms with van der Waals surface area (Å²) in [5.74, 6) is -1.20. The molecular weight excluding hydrogens is 292 g/mol. The lowest BCUT2D eigenvalue weighted by Crippen LogP contribution is -2.15. The normalized spacial score (nSPS) is 10.1. The van der Waals surface area contributed by atoms with Crippen LogP contribution in [0.3, 0.4) is 0 Å². The highest BCUT2D eigenvalue weighted by Gasteiger charge is 2.15. The lowest BCUT2D eigenvalue weighted by molar-refractivity contribution is 0.0470. The van der Waals surface area contributed by atoms with Crippen LogP contribution in [0.1, 0.15) is 26.3 Å². The monoisotopic (exact) mass is 304 g/mol. The highest BCUT2D eigenvalue weighted by Crippen LogP contribution is 2.24. The first-order chi connectivity index (χ1) is 10.0. The highest BCUT2D eigenvalue weighted by molar-refractivity contribution is 6.36. The van der Waals surface area contributed by atoms with E-state index in [0.29, 0.717) is 16.8 Å². The smallest absolute Gasteiger partial charge is 0.340 e. The van der Waals surface area contributed by atoms with Gasteiger partial charge in [-0.1, -0.05) is 35.9 Å². The van der Waals surface area contributed by atoms with Gasteiger partial charge in [0.1, 0.15) is 6.61 Å². The standard InChI is InChI=1S/C15H13ClN2O3/c16-13-11(6-3-7-12(13)17)15(20)21-8-9-4-1-2-5-10(9)14(18)19/h1-7H,8,17H2,(H2,18,19). The number of nitrogen functional groups attached to an aromatic ring is 1.